The Hall–Kier alpha value is -2.78. The molecule has 3 N–H and O–H groups in total. The third-order valence-electron chi connectivity index (χ3n) is 5.39. The number of anilines is 2. The van der Waals surface area contributed by atoms with Crippen molar-refractivity contribution in [2.24, 2.45) is 5.73 Å². The molecule has 0 spiro atoms. The van der Waals surface area contributed by atoms with Crippen LogP contribution in [0, 0.1) is 0 Å². The van der Waals surface area contributed by atoms with Crippen molar-refractivity contribution >= 4 is 32.2 Å². The van der Waals surface area contributed by atoms with E-state index in [9.17, 15) is 17.2 Å². The summed E-state index contributed by atoms with van der Waals surface area (Å²) >= 11 is 0. The Balaban J connectivity index is 1.77. The number of aromatic nitrogens is 1. The molecule has 0 radical (unpaired) electrons. The van der Waals surface area contributed by atoms with Gasteiger partial charge in [0.25, 0.3) is 6.43 Å². The third-order valence-corrected chi connectivity index (χ3v) is 7.18. The lowest BCUT2D eigenvalue weighted by Gasteiger charge is -2.23. The number of sulfone groups is 1. The Morgan fingerprint density at radius 3 is 2.74 bits per heavy atom. The molecule has 9 heteroatoms. The number of fused-ring (bicyclic) bond motifs is 2. The van der Waals surface area contributed by atoms with Gasteiger partial charge in [-0.05, 0) is 36.7 Å². The fourth-order valence-electron chi connectivity index (χ4n) is 3.76. The van der Waals surface area contributed by atoms with Gasteiger partial charge in [-0.25, -0.2) is 22.2 Å². The summed E-state index contributed by atoms with van der Waals surface area (Å²) in [5, 5.41) is 3.87. The molecule has 31 heavy (non-hydrogen) atoms. The van der Waals surface area contributed by atoms with Crippen LogP contribution < -0.4 is 16.0 Å². The van der Waals surface area contributed by atoms with Gasteiger partial charge in [0.2, 0.25) is 0 Å². The van der Waals surface area contributed by atoms with Crippen molar-refractivity contribution in [1.29, 1.82) is 0 Å². The molecular weight excluding hydrogens is 422 g/mol. The summed E-state index contributed by atoms with van der Waals surface area (Å²) in [6.45, 7) is 1.77. The highest BCUT2D eigenvalue weighted by Gasteiger charge is 2.26. The van der Waals surface area contributed by atoms with E-state index in [1.165, 1.54) is 12.1 Å². The predicted molar refractivity (Wildman–Crippen MR) is 118 cm³/mol. The summed E-state index contributed by atoms with van der Waals surface area (Å²) in [4.78, 5) is 6.94. The lowest BCUT2D eigenvalue weighted by molar-refractivity contribution is 0.151. The molecule has 0 saturated heterocycles. The van der Waals surface area contributed by atoms with E-state index in [4.69, 9.17) is 5.73 Å². The van der Waals surface area contributed by atoms with E-state index in [1.807, 2.05) is 17.0 Å². The topological polar surface area (TPSA) is 88.3 Å². The molecule has 1 aliphatic heterocycles. The SMILES string of the molecule is NCCCNc1cc(N2CCS(=O)(=O)c3ccccc3C2)nc2ccc(C(F)F)cc12. The molecule has 6 nitrogen and oxygen atoms in total. The van der Waals surface area contributed by atoms with E-state index in [0.717, 1.165) is 6.42 Å². The number of alkyl halides is 2. The Morgan fingerprint density at radius 1 is 1.16 bits per heavy atom. The van der Waals surface area contributed by atoms with Gasteiger partial charge in [0.15, 0.2) is 9.84 Å². The van der Waals surface area contributed by atoms with Gasteiger partial charge in [-0.1, -0.05) is 24.3 Å². The van der Waals surface area contributed by atoms with Crippen molar-refractivity contribution in [3.63, 3.8) is 0 Å². The van der Waals surface area contributed by atoms with E-state index in [-0.39, 0.29) is 17.9 Å². The number of nitrogens with one attached hydrogen (secondary N) is 1. The van der Waals surface area contributed by atoms with Crippen molar-refractivity contribution in [3.05, 3.63) is 59.7 Å². The standard InChI is InChI=1S/C22H24F2N4O2S/c23-22(24)15-6-7-18-17(12-15)19(26-9-3-8-25)13-21(27-18)28-10-11-31(29,30)20-5-2-1-4-16(20)14-28/h1-2,4-7,12-13,22H,3,8-11,14,25H2,(H,26,27). The first-order valence-corrected chi connectivity index (χ1v) is 11.8. The lowest BCUT2D eigenvalue weighted by atomic mass is 10.1. The van der Waals surface area contributed by atoms with Gasteiger partial charge in [0.05, 0.1) is 16.2 Å². The van der Waals surface area contributed by atoms with Crippen molar-refractivity contribution in [2.45, 2.75) is 24.3 Å². The largest absolute Gasteiger partial charge is 0.384 e. The zero-order valence-electron chi connectivity index (χ0n) is 16.9. The monoisotopic (exact) mass is 446 g/mol. The second kappa shape index (κ2) is 8.76. The number of nitrogens with two attached hydrogens (primary N) is 1. The van der Waals surface area contributed by atoms with Crippen molar-refractivity contribution in [1.82, 2.24) is 4.98 Å². The molecule has 0 atom stereocenters. The molecule has 0 fully saturated rings. The van der Waals surface area contributed by atoms with E-state index < -0.39 is 16.3 Å². The molecule has 1 aromatic heterocycles. The fraction of sp³-hybridized carbons (Fsp3) is 0.318. The number of hydrogen-bond acceptors (Lipinski definition) is 6. The molecule has 164 valence electrons. The first-order chi connectivity index (χ1) is 14.9. The summed E-state index contributed by atoms with van der Waals surface area (Å²) in [5.41, 5.74) is 7.48. The molecule has 2 heterocycles. The van der Waals surface area contributed by atoms with Gasteiger partial charge >= 0.3 is 0 Å². The minimum atomic E-state index is -3.39. The second-order valence-electron chi connectivity index (χ2n) is 7.52. The minimum Gasteiger partial charge on any atom is -0.384 e. The van der Waals surface area contributed by atoms with Crippen LogP contribution in [0.2, 0.25) is 0 Å². The van der Waals surface area contributed by atoms with Crippen LogP contribution in [0.1, 0.15) is 24.0 Å². The highest BCUT2D eigenvalue weighted by Crippen LogP contribution is 2.33. The van der Waals surface area contributed by atoms with E-state index >= 15 is 0 Å². The zero-order chi connectivity index (χ0) is 22.0. The molecule has 4 rings (SSSR count). The first-order valence-electron chi connectivity index (χ1n) is 10.1. The average molecular weight is 447 g/mol. The van der Waals surface area contributed by atoms with Crippen molar-refractivity contribution < 1.29 is 17.2 Å². The van der Waals surface area contributed by atoms with Gasteiger partial charge in [0, 0.05) is 42.3 Å². The summed E-state index contributed by atoms with van der Waals surface area (Å²) in [6, 6.07) is 13.2. The van der Waals surface area contributed by atoms with Crippen LogP contribution in [0.15, 0.2) is 53.4 Å². The number of rotatable bonds is 6. The van der Waals surface area contributed by atoms with Crippen LogP contribution in [0.3, 0.4) is 0 Å². The summed E-state index contributed by atoms with van der Waals surface area (Å²) < 4.78 is 51.8. The second-order valence-corrected chi connectivity index (χ2v) is 9.60. The van der Waals surface area contributed by atoms with Crippen LogP contribution >= 0.6 is 0 Å². The van der Waals surface area contributed by atoms with Crippen molar-refractivity contribution in [2.75, 3.05) is 35.6 Å². The Labute approximate surface area is 180 Å². The normalized spacial score (nSPS) is 15.7. The minimum absolute atomic E-state index is 0.0238. The quantitative estimate of drug-likeness (QED) is 0.561. The van der Waals surface area contributed by atoms with Gasteiger partial charge < -0.3 is 16.0 Å². The van der Waals surface area contributed by atoms with Gasteiger partial charge in [-0.2, -0.15) is 0 Å². The summed E-state index contributed by atoms with van der Waals surface area (Å²) in [6.07, 6.45) is -1.85. The van der Waals surface area contributed by atoms with E-state index in [0.29, 0.717) is 52.5 Å². The lowest BCUT2D eigenvalue weighted by Crippen LogP contribution is -2.26. The maximum Gasteiger partial charge on any atom is 0.263 e. The zero-order valence-corrected chi connectivity index (χ0v) is 17.7. The maximum absolute atomic E-state index is 13.2. The fourth-order valence-corrected chi connectivity index (χ4v) is 5.26. The van der Waals surface area contributed by atoms with Crippen molar-refractivity contribution in [3.8, 4) is 0 Å². The van der Waals surface area contributed by atoms with Crippen LogP contribution in [-0.2, 0) is 16.4 Å². The smallest absolute Gasteiger partial charge is 0.263 e. The Kier molecular flexibility index (Phi) is 6.06. The maximum atomic E-state index is 13.2. The number of hydrogen-bond donors (Lipinski definition) is 2. The Morgan fingerprint density at radius 2 is 1.97 bits per heavy atom. The molecule has 2 aromatic carbocycles. The van der Waals surface area contributed by atoms with Gasteiger partial charge in [-0.15, -0.1) is 0 Å². The average Bonchev–Trinajstić information content (AvgIpc) is 2.89. The van der Waals surface area contributed by atoms with Crippen LogP contribution in [0.25, 0.3) is 10.9 Å². The highest BCUT2D eigenvalue weighted by molar-refractivity contribution is 7.91. The number of benzene rings is 2. The highest BCUT2D eigenvalue weighted by atomic mass is 32.2. The van der Waals surface area contributed by atoms with E-state index in [1.54, 1.807) is 24.3 Å². The molecule has 0 bridgehead atoms. The van der Waals surface area contributed by atoms with Gasteiger partial charge in [0.1, 0.15) is 5.82 Å². The number of halogens is 2. The van der Waals surface area contributed by atoms with Crippen LogP contribution in [0.5, 0.6) is 0 Å². The predicted octanol–water partition coefficient (Wildman–Crippen LogP) is 3.73. The molecular formula is C22H24F2N4O2S. The third kappa shape index (κ3) is 4.47. The molecule has 0 amide bonds. The van der Waals surface area contributed by atoms with Crippen LogP contribution in [-0.4, -0.2) is 38.8 Å². The number of nitrogens with zero attached hydrogens (tertiary/aromatic N) is 2. The molecule has 0 saturated carbocycles. The summed E-state index contributed by atoms with van der Waals surface area (Å²) in [5.74, 6) is 0.573. The number of pyridine rings is 1. The van der Waals surface area contributed by atoms with Gasteiger partial charge in [-0.3, -0.25) is 0 Å². The summed E-state index contributed by atoms with van der Waals surface area (Å²) in [7, 11) is -3.39. The molecule has 1 aliphatic rings. The molecule has 3 aromatic rings. The van der Waals surface area contributed by atoms with Crippen LogP contribution in [0.4, 0.5) is 20.3 Å². The van der Waals surface area contributed by atoms with E-state index in [2.05, 4.69) is 10.3 Å². The first kappa shape index (κ1) is 21.5. The molecule has 0 unspecified atom stereocenters. The molecule has 0 aliphatic carbocycles. The Bertz CT molecular complexity index is 1200.